The maximum absolute atomic E-state index is 13.6. The van der Waals surface area contributed by atoms with Crippen LogP contribution in [0.3, 0.4) is 0 Å². The number of pyridine rings is 1. The van der Waals surface area contributed by atoms with E-state index in [-0.39, 0.29) is 103 Å². The van der Waals surface area contributed by atoms with E-state index in [1.54, 1.807) is 38.9 Å². The van der Waals surface area contributed by atoms with Gasteiger partial charge in [-0.1, -0.05) is 43.2 Å². The molecular formula is C55H84N10O12. The van der Waals surface area contributed by atoms with Crippen molar-refractivity contribution in [2.24, 2.45) is 11.8 Å². The molecule has 0 unspecified atom stereocenters. The van der Waals surface area contributed by atoms with Crippen LogP contribution in [0.2, 0.25) is 0 Å². The minimum absolute atomic E-state index is 0.0876. The van der Waals surface area contributed by atoms with E-state index in [9.17, 15) is 58.8 Å². The topological polar surface area (TPSA) is 295 Å². The van der Waals surface area contributed by atoms with E-state index in [4.69, 9.17) is 0 Å². The summed E-state index contributed by atoms with van der Waals surface area (Å²) in [6.07, 6.45) is 14.0. The van der Waals surface area contributed by atoms with Crippen molar-refractivity contribution in [1.29, 1.82) is 0 Å². The SMILES string of the molecule is C[C@@H](C(=O)NCC(=O)NCCCCCCc1ccc(CCc2cncc([C@H](CC(=O)O)NC(=O)[C@@H]3CCCN(C(=O)CCC4CCNCC4)C3)c2)cc1)N1CCN(CC(=O)O)CCN(CC(=O)O)CCN(CC(=O)O)CC1. The van der Waals surface area contributed by atoms with Gasteiger partial charge in [0.05, 0.1) is 50.6 Å². The molecule has 426 valence electrons. The zero-order chi connectivity index (χ0) is 55.5. The summed E-state index contributed by atoms with van der Waals surface area (Å²) in [4.78, 5) is 112. The molecular weight excluding hydrogens is 993 g/mol. The molecule has 0 aliphatic carbocycles. The monoisotopic (exact) mass is 1080 g/mol. The normalized spacial score (nSPS) is 18.7. The molecule has 77 heavy (non-hydrogen) atoms. The average Bonchev–Trinajstić information content (AvgIpc) is 3.40. The molecule has 3 saturated heterocycles. The maximum atomic E-state index is 13.6. The van der Waals surface area contributed by atoms with Crippen LogP contribution in [0.25, 0.3) is 0 Å². The Morgan fingerprint density at radius 1 is 0.662 bits per heavy atom. The number of carbonyl (C=O) groups is 8. The third-order valence-corrected chi connectivity index (χ3v) is 15.0. The number of unbranched alkanes of at least 4 members (excludes halogenated alkanes) is 3. The smallest absolute Gasteiger partial charge is 0.317 e. The van der Waals surface area contributed by atoms with Crippen LogP contribution in [0.5, 0.6) is 0 Å². The molecule has 0 saturated carbocycles. The predicted molar refractivity (Wildman–Crippen MR) is 287 cm³/mol. The highest BCUT2D eigenvalue weighted by Gasteiger charge is 2.31. The van der Waals surface area contributed by atoms with Gasteiger partial charge in [-0.3, -0.25) is 62.9 Å². The number of likely N-dealkylation sites (tertiary alicyclic amines) is 1. The second-order valence-corrected chi connectivity index (χ2v) is 21.0. The summed E-state index contributed by atoms with van der Waals surface area (Å²) in [7, 11) is 0. The van der Waals surface area contributed by atoms with Crippen molar-refractivity contribution in [2.75, 3.05) is 111 Å². The zero-order valence-electron chi connectivity index (χ0n) is 45.0. The van der Waals surface area contributed by atoms with Gasteiger partial charge in [0.2, 0.25) is 23.6 Å². The first-order valence-electron chi connectivity index (χ1n) is 27.6. The van der Waals surface area contributed by atoms with Crippen LogP contribution in [-0.2, 0) is 57.6 Å². The fraction of sp³-hybridized carbons (Fsp3) is 0.655. The Bertz CT molecular complexity index is 2200. The fourth-order valence-corrected chi connectivity index (χ4v) is 10.4. The molecule has 3 aliphatic heterocycles. The Labute approximate surface area is 452 Å². The summed E-state index contributed by atoms with van der Waals surface area (Å²) in [5.74, 6) is -4.87. The highest BCUT2D eigenvalue weighted by molar-refractivity contribution is 5.87. The number of aromatic nitrogens is 1. The number of carbonyl (C=O) groups excluding carboxylic acids is 4. The zero-order valence-corrected chi connectivity index (χ0v) is 45.0. The number of nitrogens with one attached hydrogen (secondary N) is 4. The van der Waals surface area contributed by atoms with Crippen LogP contribution < -0.4 is 21.3 Å². The first-order valence-corrected chi connectivity index (χ1v) is 27.6. The summed E-state index contributed by atoms with van der Waals surface area (Å²) in [6, 6.07) is 8.96. The summed E-state index contributed by atoms with van der Waals surface area (Å²) in [5.41, 5.74) is 3.94. The highest BCUT2D eigenvalue weighted by Crippen LogP contribution is 2.25. The molecule has 3 fully saturated rings. The number of amides is 4. The molecule has 1 aromatic carbocycles. The van der Waals surface area contributed by atoms with Gasteiger partial charge in [0, 0.05) is 90.8 Å². The molecule has 22 heteroatoms. The van der Waals surface area contributed by atoms with Crippen molar-refractivity contribution in [1.82, 2.24) is 50.8 Å². The van der Waals surface area contributed by atoms with Crippen LogP contribution in [0.1, 0.15) is 106 Å². The van der Waals surface area contributed by atoms with E-state index >= 15 is 0 Å². The van der Waals surface area contributed by atoms with Gasteiger partial charge in [-0.05, 0) is 112 Å². The van der Waals surface area contributed by atoms with Crippen LogP contribution >= 0.6 is 0 Å². The lowest BCUT2D eigenvalue weighted by molar-refractivity contribution is -0.140. The number of carboxylic acids is 4. The fourth-order valence-electron chi connectivity index (χ4n) is 10.4. The number of carboxylic acid groups (broad SMARTS) is 4. The van der Waals surface area contributed by atoms with Crippen molar-refractivity contribution >= 4 is 47.5 Å². The molecule has 4 heterocycles. The van der Waals surface area contributed by atoms with Crippen LogP contribution in [0.4, 0.5) is 0 Å². The average molecular weight is 1080 g/mol. The molecule has 4 amide bonds. The van der Waals surface area contributed by atoms with Crippen LogP contribution in [0.15, 0.2) is 42.7 Å². The van der Waals surface area contributed by atoms with Crippen LogP contribution in [-0.4, -0.2) is 215 Å². The van der Waals surface area contributed by atoms with E-state index < -0.39 is 47.8 Å². The number of piperidine rings is 2. The molecule has 2 aromatic rings. The summed E-state index contributed by atoms with van der Waals surface area (Å²) in [5, 5.41) is 50.1. The number of benzene rings is 1. The van der Waals surface area contributed by atoms with E-state index in [0.29, 0.717) is 50.4 Å². The summed E-state index contributed by atoms with van der Waals surface area (Å²) < 4.78 is 0. The van der Waals surface area contributed by atoms with E-state index in [1.807, 2.05) is 11.0 Å². The third-order valence-electron chi connectivity index (χ3n) is 15.0. The second kappa shape index (κ2) is 33.3. The van der Waals surface area contributed by atoms with Gasteiger partial charge in [0.25, 0.3) is 0 Å². The molecule has 0 spiro atoms. The van der Waals surface area contributed by atoms with Gasteiger partial charge < -0.3 is 46.6 Å². The molecule has 0 radical (unpaired) electrons. The second-order valence-electron chi connectivity index (χ2n) is 21.0. The van der Waals surface area contributed by atoms with Crippen molar-refractivity contribution in [3.05, 3.63) is 65.0 Å². The molecule has 8 N–H and O–H groups in total. The Hall–Kier alpha value is -6.07. The Kier molecular flexibility index (Phi) is 26.7. The lowest BCUT2D eigenvalue weighted by Crippen LogP contribution is -2.53. The number of hydrogen-bond acceptors (Lipinski definition) is 14. The Balaban J connectivity index is 0.980. The standard InChI is InChI=1S/C55H84N10O12/c1-40(64-29-27-62(38-52(72)73)25-23-61(37-51(70)71)24-26-63(28-30-64)39-53(74)75)54(76)59-35-48(66)58-19-5-3-2-4-7-41-9-11-42(12-10-41)13-14-44-31-46(34-57-33-44)47(32-50(68)69)60-55(77)45-8-6-22-65(36-45)49(67)16-15-43-17-20-56-21-18-43/h9-12,31,33-34,40,43,45,47,56H,2-8,13-30,32,35-39H2,1H3,(H,58,66)(H,59,76)(H,60,77)(H,68,69)(H,70,71)(H,72,73)(H,74,75)/t40-,45+,47-/m0/s1. The van der Waals surface area contributed by atoms with Crippen molar-refractivity contribution < 1.29 is 58.8 Å². The first-order chi connectivity index (χ1) is 37.0. The largest absolute Gasteiger partial charge is 0.481 e. The minimum Gasteiger partial charge on any atom is -0.481 e. The number of rotatable bonds is 28. The van der Waals surface area contributed by atoms with Crippen molar-refractivity contribution in [3.8, 4) is 0 Å². The summed E-state index contributed by atoms with van der Waals surface area (Å²) in [6.45, 7) is 6.23. The van der Waals surface area contributed by atoms with E-state index in [1.165, 1.54) is 5.56 Å². The van der Waals surface area contributed by atoms with Crippen molar-refractivity contribution in [2.45, 2.75) is 109 Å². The number of nitrogens with zero attached hydrogens (tertiary/aromatic N) is 6. The van der Waals surface area contributed by atoms with Gasteiger partial charge in [-0.15, -0.1) is 0 Å². The van der Waals surface area contributed by atoms with E-state index in [0.717, 1.165) is 88.4 Å². The lowest BCUT2D eigenvalue weighted by atomic mass is 9.92. The van der Waals surface area contributed by atoms with Crippen molar-refractivity contribution in [3.63, 3.8) is 0 Å². The first kappa shape index (κ1) is 61.8. The quantitative estimate of drug-likeness (QED) is 0.0563. The van der Waals surface area contributed by atoms with Gasteiger partial charge in [0.1, 0.15) is 0 Å². The molecule has 1 aromatic heterocycles. The molecule has 5 rings (SSSR count). The Morgan fingerprint density at radius 3 is 1.83 bits per heavy atom. The number of aliphatic carboxylic acids is 4. The molecule has 3 atom stereocenters. The van der Waals surface area contributed by atoms with Gasteiger partial charge in [0.15, 0.2) is 0 Å². The summed E-state index contributed by atoms with van der Waals surface area (Å²) >= 11 is 0. The lowest BCUT2D eigenvalue weighted by Gasteiger charge is -2.35. The number of hydrogen-bond donors (Lipinski definition) is 8. The third kappa shape index (κ3) is 23.6. The van der Waals surface area contributed by atoms with Gasteiger partial charge in [-0.2, -0.15) is 0 Å². The molecule has 22 nitrogen and oxygen atoms in total. The van der Waals surface area contributed by atoms with Gasteiger partial charge >= 0.3 is 23.9 Å². The number of aryl methyl sites for hydroxylation is 3. The van der Waals surface area contributed by atoms with Gasteiger partial charge in [-0.25, -0.2) is 0 Å². The van der Waals surface area contributed by atoms with E-state index in [2.05, 4.69) is 50.5 Å². The Morgan fingerprint density at radius 2 is 1.23 bits per heavy atom. The molecule has 3 aliphatic rings. The minimum atomic E-state index is -1.04. The van der Waals surface area contributed by atoms with Crippen LogP contribution in [0, 0.1) is 11.8 Å². The predicted octanol–water partition coefficient (Wildman–Crippen LogP) is 1.72. The molecule has 0 bridgehead atoms. The maximum Gasteiger partial charge on any atom is 0.317 e. The highest BCUT2D eigenvalue weighted by atomic mass is 16.4.